The first-order valence-corrected chi connectivity index (χ1v) is 10.1. The van der Waals surface area contributed by atoms with Crippen molar-refractivity contribution in [1.29, 1.82) is 0 Å². The maximum Gasteiger partial charge on any atom is 0.458 e. The number of rotatable bonds is 6. The van der Waals surface area contributed by atoms with Crippen molar-refractivity contribution < 1.29 is 41.0 Å². The second-order valence-electron chi connectivity index (χ2n) is 7.98. The van der Waals surface area contributed by atoms with Crippen LogP contribution >= 0.6 is 0 Å². The van der Waals surface area contributed by atoms with Gasteiger partial charge in [0.1, 0.15) is 11.5 Å². The second kappa shape index (κ2) is 8.26. The minimum Gasteiger partial charge on any atom is -0.493 e. The smallest absolute Gasteiger partial charge is 0.458 e. The third-order valence-corrected chi connectivity index (χ3v) is 6.05. The Morgan fingerprint density at radius 1 is 1.09 bits per heavy atom. The summed E-state index contributed by atoms with van der Waals surface area (Å²) in [7, 11) is 1.32. The zero-order chi connectivity index (χ0) is 23.1. The van der Waals surface area contributed by atoms with Gasteiger partial charge in [-0.1, -0.05) is 24.3 Å². The maximum absolute atomic E-state index is 14.0. The molecule has 0 amide bonds. The van der Waals surface area contributed by atoms with Gasteiger partial charge in [0.05, 0.1) is 26.7 Å². The minimum atomic E-state index is -5.65. The predicted molar refractivity (Wildman–Crippen MR) is 104 cm³/mol. The number of carbonyl (C=O) groups is 1. The van der Waals surface area contributed by atoms with Crippen molar-refractivity contribution >= 4 is 5.97 Å². The van der Waals surface area contributed by atoms with Crippen LogP contribution in [0.5, 0.6) is 11.5 Å². The van der Waals surface area contributed by atoms with Gasteiger partial charge in [-0.05, 0) is 30.0 Å². The quantitative estimate of drug-likeness (QED) is 0.426. The van der Waals surface area contributed by atoms with E-state index >= 15 is 0 Å². The van der Waals surface area contributed by atoms with E-state index in [1.54, 1.807) is 24.3 Å². The van der Waals surface area contributed by atoms with E-state index in [4.69, 9.17) is 14.2 Å². The average molecular weight is 456 g/mol. The van der Waals surface area contributed by atoms with Crippen LogP contribution in [0.2, 0.25) is 0 Å². The number of ether oxygens (including phenoxy) is 3. The van der Waals surface area contributed by atoms with Crippen molar-refractivity contribution in [1.82, 2.24) is 0 Å². The van der Waals surface area contributed by atoms with E-state index in [1.165, 1.54) is 13.2 Å². The first-order chi connectivity index (χ1) is 15.1. The van der Waals surface area contributed by atoms with E-state index in [9.17, 15) is 26.7 Å². The molecule has 32 heavy (non-hydrogen) atoms. The summed E-state index contributed by atoms with van der Waals surface area (Å²) in [6.07, 6.45) is -4.89. The maximum atomic E-state index is 14.0. The summed E-state index contributed by atoms with van der Waals surface area (Å²) in [6.45, 7) is 0.485. The largest absolute Gasteiger partial charge is 0.493 e. The molecule has 1 heterocycles. The summed E-state index contributed by atoms with van der Waals surface area (Å²) < 4.78 is 82.7. The van der Waals surface area contributed by atoms with Gasteiger partial charge in [0.2, 0.25) is 0 Å². The lowest BCUT2D eigenvalue weighted by atomic mass is 9.95. The fraction of sp³-hybridized carbons (Fsp3) is 0.435. The van der Waals surface area contributed by atoms with Crippen molar-refractivity contribution in [2.45, 2.75) is 43.2 Å². The first kappa shape index (κ1) is 22.4. The summed E-state index contributed by atoms with van der Waals surface area (Å²) in [5.41, 5.74) is 0.397. The molecule has 2 aromatic rings. The van der Waals surface area contributed by atoms with Crippen LogP contribution in [0.15, 0.2) is 36.4 Å². The van der Waals surface area contributed by atoms with Gasteiger partial charge in [0, 0.05) is 29.0 Å². The number of fused-ring (bicyclic) bond motifs is 2. The predicted octanol–water partition coefficient (Wildman–Crippen LogP) is 5.49. The van der Waals surface area contributed by atoms with E-state index in [1.807, 2.05) is 0 Å². The highest BCUT2D eigenvalue weighted by atomic mass is 19.4. The number of hydrogen-bond acceptors (Lipinski definition) is 4. The lowest BCUT2D eigenvalue weighted by Gasteiger charge is -2.23. The molecular weight excluding hydrogens is 435 g/mol. The molecule has 9 heteroatoms. The first-order valence-electron chi connectivity index (χ1n) is 10.1. The summed E-state index contributed by atoms with van der Waals surface area (Å²) in [6, 6.07) is 8.87. The molecule has 0 aromatic heterocycles. The van der Waals surface area contributed by atoms with Gasteiger partial charge >= 0.3 is 18.1 Å². The van der Waals surface area contributed by atoms with Gasteiger partial charge in [-0.25, -0.2) is 0 Å². The van der Waals surface area contributed by atoms with E-state index in [0.717, 1.165) is 11.6 Å². The molecule has 0 fully saturated rings. The molecular formula is C23H21F5O4. The van der Waals surface area contributed by atoms with Crippen LogP contribution in [-0.4, -0.2) is 32.5 Å². The number of benzene rings is 2. The summed E-state index contributed by atoms with van der Waals surface area (Å²) in [4.78, 5) is 11.5. The van der Waals surface area contributed by atoms with Crippen molar-refractivity contribution in [2.75, 3.05) is 20.3 Å². The summed E-state index contributed by atoms with van der Waals surface area (Å²) >= 11 is 0. The van der Waals surface area contributed by atoms with E-state index in [2.05, 4.69) is 0 Å². The third kappa shape index (κ3) is 4.00. The Kier molecular flexibility index (Phi) is 5.77. The molecule has 0 bridgehead atoms. The van der Waals surface area contributed by atoms with E-state index in [0.29, 0.717) is 30.1 Å². The number of alkyl halides is 5. The van der Waals surface area contributed by atoms with Crippen LogP contribution < -0.4 is 9.47 Å². The standard InChI is InChI=1S/C23H21F5O4/c1-30-21(29)9-14-12-32-20-10-15(6-8-17(14)20)31-11-13-5-7-18-16(13)3-2-4-19(18)22(24,25)23(26,27)28/h2-4,6,8,10,13-14H,5,7,9,11-12H2,1H3/t13-,14+/m0/s1. The monoisotopic (exact) mass is 456 g/mol. The highest BCUT2D eigenvalue weighted by Crippen LogP contribution is 2.48. The van der Waals surface area contributed by atoms with Crippen molar-refractivity contribution in [2.24, 2.45) is 0 Å². The Morgan fingerprint density at radius 2 is 1.88 bits per heavy atom. The van der Waals surface area contributed by atoms with Gasteiger partial charge in [0.25, 0.3) is 0 Å². The number of carbonyl (C=O) groups excluding carboxylic acids is 1. The number of halogens is 5. The van der Waals surface area contributed by atoms with Crippen molar-refractivity contribution in [3.8, 4) is 11.5 Å². The molecule has 0 saturated heterocycles. The second-order valence-corrected chi connectivity index (χ2v) is 7.98. The van der Waals surface area contributed by atoms with E-state index < -0.39 is 17.7 Å². The van der Waals surface area contributed by atoms with Gasteiger partial charge in [-0.15, -0.1) is 0 Å². The summed E-state index contributed by atoms with van der Waals surface area (Å²) in [5.74, 6) is -4.55. The third-order valence-electron chi connectivity index (χ3n) is 6.05. The molecule has 4 rings (SSSR count). The zero-order valence-corrected chi connectivity index (χ0v) is 17.2. The van der Waals surface area contributed by atoms with Crippen LogP contribution in [-0.2, 0) is 21.9 Å². The Hall–Kier alpha value is -2.84. The lowest BCUT2D eigenvalue weighted by Crippen LogP contribution is -2.34. The molecule has 1 aliphatic heterocycles. The number of methoxy groups -OCH3 is 1. The molecule has 4 nitrogen and oxygen atoms in total. The van der Waals surface area contributed by atoms with Crippen LogP contribution in [0.3, 0.4) is 0 Å². The Morgan fingerprint density at radius 3 is 2.59 bits per heavy atom. The molecule has 2 aliphatic rings. The van der Waals surface area contributed by atoms with Crippen LogP contribution in [0.25, 0.3) is 0 Å². The minimum absolute atomic E-state index is 0.0476. The molecule has 1 aliphatic carbocycles. The van der Waals surface area contributed by atoms with Crippen LogP contribution in [0, 0.1) is 0 Å². The Balaban J connectivity index is 1.46. The van der Waals surface area contributed by atoms with Crippen LogP contribution in [0.1, 0.15) is 46.9 Å². The average Bonchev–Trinajstić information content (AvgIpc) is 3.34. The van der Waals surface area contributed by atoms with Crippen molar-refractivity contribution in [3.05, 3.63) is 58.7 Å². The Bertz CT molecular complexity index is 1020. The Labute approximate surface area is 181 Å². The van der Waals surface area contributed by atoms with Gasteiger partial charge in [0.15, 0.2) is 0 Å². The number of hydrogen-bond donors (Lipinski definition) is 0. The number of esters is 1. The topological polar surface area (TPSA) is 44.8 Å². The van der Waals surface area contributed by atoms with E-state index in [-0.39, 0.29) is 42.8 Å². The normalized spacial score (nSPS) is 19.8. The molecule has 2 atom stereocenters. The molecule has 0 spiro atoms. The fourth-order valence-electron chi connectivity index (χ4n) is 4.36. The molecule has 0 radical (unpaired) electrons. The highest BCUT2D eigenvalue weighted by molar-refractivity contribution is 5.71. The molecule has 172 valence electrons. The zero-order valence-electron chi connectivity index (χ0n) is 17.2. The molecule has 0 unspecified atom stereocenters. The molecule has 0 saturated carbocycles. The van der Waals surface area contributed by atoms with Gasteiger partial charge in [-0.2, -0.15) is 22.0 Å². The van der Waals surface area contributed by atoms with Gasteiger partial charge in [-0.3, -0.25) is 4.79 Å². The lowest BCUT2D eigenvalue weighted by molar-refractivity contribution is -0.289. The molecule has 0 N–H and O–H groups in total. The SMILES string of the molecule is COC(=O)C[C@@H]1COc2cc(OC[C@@H]3CCc4c3cccc4C(F)(F)C(F)(F)F)ccc21. The van der Waals surface area contributed by atoms with Crippen molar-refractivity contribution in [3.63, 3.8) is 0 Å². The summed E-state index contributed by atoms with van der Waals surface area (Å²) in [5, 5.41) is 0. The fourth-order valence-corrected chi connectivity index (χ4v) is 4.36. The highest BCUT2D eigenvalue weighted by Gasteiger charge is 2.59. The van der Waals surface area contributed by atoms with Crippen LogP contribution in [0.4, 0.5) is 22.0 Å². The van der Waals surface area contributed by atoms with Gasteiger partial charge < -0.3 is 14.2 Å². The molecule has 2 aromatic carbocycles.